The molecule has 2 aromatic heterocycles. The zero-order valence-corrected chi connectivity index (χ0v) is 14.9. The lowest BCUT2D eigenvalue weighted by Gasteiger charge is -2.24. The lowest BCUT2D eigenvalue weighted by molar-refractivity contribution is 0.0526. The first kappa shape index (κ1) is 16.9. The third kappa shape index (κ3) is 3.05. The zero-order chi connectivity index (χ0) is 19.0. The van der Waals surface area contributed by atoms with Gasteiger partial charge in [0, 0.05) is 12.6 Å². The number of rotatable bonds is 4. The molecule has 2 N–H and O–H groups in total. The molecule has 138 valence electrons. The fraction of sp³-hybridized carbons (Fsp3) is 0.211. The minimum Gasteiger partial charge on any atom is -0.462 e. The zero-order valence-electron chi connectivity index (χ0n) is 14.9. The molecule has 27 heavy (non-hydrogen) atoms. The van der Waals surface area contributed by atoms with E-state index in [0.717, 1.165) is 5.56 Å². The normalized spacial score (nSPS) is 15.6. The maximum absolute atomic E-state index is 12.3. The second-order valence-electron chi connectivity index (χ2n) is 6.08. The van der Waals surface area contributed by atoms with Gasteiger partial charge in [0.2, 0.25) is 0 Å². The number of hydrogen-bond acceptors (Lipinski definition) is 6. The topological polar surface area (TPSA) is 98.4 Å². The van der Waals surface area contributed by atoms with Crippen molar-refractivity contribution in [1.29, 1.82) is 0 Å². The number of nitrogens with zero attached hydrogens (tertiary/aromatic N) is 2. The van der Waals surface area contributed by atoms with Gasteiger partial charge in [-0.25, -0.2) is 4.79 Å². The molecular formula is C19H18N4O4. The van der Waals surface area contributed by atoms with Gasteiger partial charge in [0.05, 0.1) is 24.1 Å². The number of carbonyl (C=O) groups is 2. The summed E-state index contributed by atoms with van der Waals surface area (Å²) in [5.74, 6) is 0.631. The lowest BCUT2D eigenvalue weighted by atomic mass is 10.1. The molecule has 3 aromatic rings. The van der Waals surface area contributed by atoms with Crippen LogP contribution in [0.1, 0.15) is 39.7 Å². The second-order valence-corrected chi connectivity index (χ2v) is 6.08. The Balaban J connectivity index is 1.54. The number of fused-ring (bicyclic) bond motifs is 1. The van der Waals surface area contributed by atoms with Crippen LogP contribution in [-0.2, 0) is 11.8 Å². The van der Waals surface area contributed by atoms with Crippen LogP contribution in [0.3, 0.4) is 0 Å². The van der Waals surface area contributed by atoms with Crippen molar-refractivity contribution >= 4 is 17.6 Å². The fourth-order valence-electron chi connectivity index (χ4n) is 2.99. The molecule has 0 spiro atoms. The summed E-state index contributed by atoms with van der Waals surface area (Å²) in [4.78, 5) is 24.0. The van der Waals surface area contributed by atoms with E-state index < -0.39 is 6.17 Å². The van der Waals surface area contributed by atoms with Crippen LogP contribution in [0.5, 0.6) is 0 Å². The predicted molar refractivity (Wildman–Crippen MR) is 97.1 cm³/mol. The molecule has 4 rings (SSSR count). The van der Waals surface area contributed by atoms with E-state index in [-0.39, 0.29) is 11.9 Å². The highest BCUT2D eigenvalue weighted by Crippen LogP contribution is 2.30. The number of aromatic nitrogens is 2. The van der Waals surface area contributed by atoms with Crippen LogP contribution in [0.25, 0.3) is 11.3 Å². The summed E-state index contributed by atoms with van der Waals surface area (Å²) in [6.07, 6.45) is 1.13. The van der Waals surface area contributed by atoms with Crippen LogP contribution in [-0.4, -0.2) is 28.3 Å². The van der Waals surface area contributed by atoms with Crippen molar-refractivity contribution in [3.63, 3.8) is 0 Å². The lowest BCUT2D eigenvalue weighted by Crippen LogP contribution is -2.39. The monoisotopic (exact) mass is 366 g/mol. The highest BCUT2D eigenvalue weighted by molar-refractivity contribution is 6.00. The van der Waals surface area contributed by atoms with Crippen molar-refractivity contribution in [2.45, 2.75) is 13.1 Å². The molecular weight excluding hydrogens is 348 g/mol. The van der Waals surface area contributed by atoms with Gasteiger partial charge in [0.1, 0.15) is 17.2 Å². The van der Waals surface area contributed by atoms with Crippen molar-refractivity contribution in [2.24, 2.45) is 7.05 Å². The van der Waals surface area contributed by atoms with Gasteiger partial charge in [-0.15, -0.1) is 0 Å². The summed E-state index contributed by atoms with van der Waals surface area (Å²) in [7, 11) is 1.71. The summed E-state index contributed by atoms with van der Waals surface area (Å²) in [5.41, 5.74) is 2.44. The minimum atomic E-state index is -0.484. The minimum absolute atomic E-state index is 0.217. The van der Waals surface area contributed by atoms with Gasteiger partial charge in [-0.1, -0.05) is 12.1 Å². The van der Waals surface area contributed by atoms with Crippen molar-refractivity contribution in [3.05, 3.63) is 59.6 Å². The molecule has 3 heterocycles. The molecule has 1 aliphatic heterocycles. The Labute approximate surface area is 155 Å². The number of benzene rings is 1. The predicted octanol–water partition coefficient (Wildman–Crippen LogP) is 2.71. The highest BCUT2D eigenvalue weighted by Gasteiger charge is 2.29. The Hall–Kier alpha value is -3.55. The number of hydrogen-bond donors (Lipinski definition) is 2. The van der Waals surface area contributed by atoms with E-state index in [4.69, 9.17) is 9.15 Å². The van der Waals surface area contributed by atoms with E-state index in [1.54, 1.807) is 50.5 Å². The molecule has 1 atom stereocenters. The molecule has 1 unspecified atom stereocenters. The van der Waals surface area contributed by atoms with E-state index in [1.165, 1.54) is 4.68 Å². The molecule has 1 aromatic carbocycles. The van der Waals surface area contributed by atoms with Crippen molar-refractivity contribution in [1.82, 2.24) is 15.1 Å². The largest absolute Gasteiger partial charge is 0.462 e. The Kier molecular flexibility index (Phi) is 4.15. The Bertz CT molecular complexity index is 1000. The molecule has 8 heteroatoms. The van der Waals surface area contributed by atoms with Gasteiger partial charge < -0.3 is 19.8 Å². The van der Waals surface area contributed by atoms with Gasteiger partial charge in [-0.3, -0.25) is 9.48 Å². The molecule has 0 radical (unpaired) electrons. The van der Waals surface area contributed by atoms with Crippen LogP contribution < -0.4 is 10.6 Å². The molecule has 8 nitrogen and oxygen atoms in total. The van der Waals surface area contributed by atoms with Crippen LogP contribution in [0.2, 0.25) is 0 Å². The second kappa shape index (κ2) is 6.64. The molecule has 1 aliphatic rings. The van der Waals surface area contributed by atoms with Gasteiger partial charge in [-0.05, 0) is 31.2 Å². The third-order valence-corrected chi connectivity index (χ3v) is 4.32. The maximum Gasteiger partial charge on any atom is 0.338 e. The molecule has 1 amide bonds. The molecule has 0 fully saturated rings. The summed E-state index contributed by atoms with van der Waals surface area (Å²) < 4.78 is 12.4. The first-order chi connectivity index (χ1) is 13.1. The van der Waals surface area contributed by atoms with E-state index in [0.29, 0.717) is 35.1 Å². The van der Waals surface area contributed by atoms with Crippen molar-refractivity contribution in [3.8, 4) is 11.3 Å². The smallest absolute Gasteiger partial charge is 0.338 e. The average Bonchev–Trinajstić information content (AvgIpc) is 3.30. The fourth-order valence-corrected chi connectivity index (χ4v) is 2.99. The number of amides is 1. The number of esters is 1. The molecule has 0 aliphatic carbocycles. The summed E-state index contributed by atoms with van der Waals surface area (Å²) in [6.45, 7) is 2.10. The van der Waals surface area contributed by atoms with Crippen LogP contribution >= 0.6 is 0 Å². The van der Waals surface area contributed by atoms with E-state index in [1.807, 2.05) is 6.07 Å². The third-order valence-electron chi connectivity index (χ3n) is 4.32. The Morgan fingerprint density at radius 1 is 1.22 bits per heavy atom. The number of ether oxygens (including phenoxy) is 1. The Morgan fingerprint density at radius 3 is 2.74 bits per heavy atom. The van der Waals surface area contributed by atoms with E-state index in [9.17, 15) is 9.59 Å². The first-order valence-electron chi connectivity index (χ1n) is 8.53. The summed E-state index contributed by atoms with van der Waals surface area (Å²) in [5, 5.41) is 10.1. The summed E-state index contributed by atoms with van der Waals surface area (Å²) in [6, 6.07) is 10.6. The van der Waals surface area contributed by atoms with E-state index >= 15 is 0 Å². The van der Waals surface area contributed by atoms with Crippen LogP contribution in [0, 0.1) is 0 Å². The maximum atomic E-state index is 12.3. The average molecular weight is 366 g/mol. The summed E-state index contributed by atoms with van der Waals surface area (Å²) >= 11 is 0. The molecule has 0 saturated heterocycles. The van der Waals surface area contributed by atoms with Crippen LogP contribution in [0.4, 0.5) is 5.69 Å². The first-order valence-corrected chi connectivity index (χ1v) is 8.53. The Morgan fingerprint density at radius 2 is 2.00 bits per heavy atom. The van der Waals surface area contributed by atoms with Gasteiger partial charge in [0.15, 0.2) is 6.17 Å². The van der Waals surface area contributed by atoms with Gasteiger partial charge in [-0.2, -0.15) is 5.10 Å². The molecule has 0 bridgehead atoms. The van der Waals surface area contributed by atoms with Crippen molar-refractivity contribution in [2.75, 3.05) is 11.9 Å². The van der Waals surface area contributed by atoms with E-state index in [2.05, 4.69) is 15.7 Å². The number of aryl methyl sites for hydroxylation is 1. The van der Waals surface area contributed by atoms with Gasteiger partial charge in [0.25, 0.3) is 5.91 Å². The number of carbonyl (C=O) groups excluding carboxylic acids is 2. The van der Waals surface area contributed by atoms with Crippen LogP contribution in [0.15, 0.2) is 47.0 Å². The number of furan rings is 1. The quantitative estimate of drug-likeness (QED) is 0.689. The highest BCUT2D eigenvalue weighted by atomic mass is 16.5. The number of anilines is 1. The molecule has 0 saturated carbocycles. The number of nitrogens with one attached hydrogen (secondary N) is 2. The van der Waals surface area contributed by atoms with Crippen molar-refractivity contribution < 1.29 is 18.7 Å². The standard InChI is InChI=1S/C19H18N4O4/c1-3-26-19(25)12-6-4-11(5-7-12)14-8-9-15(27-14)17-21-13-10-20-23(2)16(13)18(24)22-17/h4-10,17,21H,3H2,1-2H3,(H,22,24). The SMILES string of the molecule is CCOC(=O)c1ccc(-c2ccc(C3NC(=O)c4c(cnn4C)N3)o2)cc1. The van der Waals surface area contributed by atoms with Gasteiger partial charge >= 0.3 is 5.97 Å².